The van der Waals surface area contributed by atoms with Crippen LogP contribution < -0.4 is 5.32 Å². The normalized spacial score (nSPS) is 11.0. The van der Waals surface area contributed by atoms with Gasteiger partial charge in [-0.2, -0.15) is 13.2 Å². The summed E-state index contributed by atoms with van der Waals surface area (Å²) in [6, 6.07) is 3.38. The largest absolute Gasteiger partial charge is 0.455 e. The quantitative estimate of drug-likeness (QED) is 0.826. The average molecular weight is 290 g/mol. The number of alkyl halides is 3. The molecule has 0 saturated carbocycles. The van der Waals surface area contributed by atoms with Crippen LogP contribution in [0.2, 0.25) is 0 Å². The van der Waals surface area contributed by atoms with Gasteiger partial charge in [-0.1, -0.05) is 6.07 Å². The maximum absolute atomic E-state index is 11.8. The molecule has 0 aromatic carbocycles. The van der Waals surface area contributed by atoms with Gasteiger partial charge in [-0.05, 0) is 18.6 Å². The van der Waals surface area contributed by atoms with Gasteiger partial charge in [0.15, 0.2) is 6.61 Å². The summed E-state index contributed by atoms with van der Waals surface area (Å²) in [5.41, 5.74) is 1.38. The Hall–Kier alpha value is -2.12. The van der Waals surface area contributed by atoms with Gasteiger partial charge in [0.05, 0.1) is 6.42 Å². The number of nitrogens with zero attached hydrogens (tertiary/aromatic N) is 1. The Morgan fingerprint density at radius 2 is 2.05 bits per heavy atom. The molecule has 1 amide bonds. The van der Waals surface area contributed by atoms with E-state index in [1.54, 1.807) is 24.4 Å². The molecular formula is C12H13F3N2O3. The highest BCUT2D eigenvalue weighted by Crippen LogP contribution is 2.11. The van der Waals surface area contributed by atoms with E-state index >= 15 is 0 Å². The van der Waals surface area contributed by atoms with Gasteiger partial charge < -0.3 is 10.1 Å². The topological polar surface area (TPSA) is 68.3 Å². The van der Waals surface area contributed by atoms with Crippen LogP contribution in [-0.4, -0.2) is 36.2 Å². The highest BCUT2D eigenvalue weighted by atomic mass is 19.4. The summed E-state index contributed by atoms with van der Waals surface area (Å²) in [7, 11) is 0. The fourth-order valence-corrected chi connectivity index (χ4v) is 1.22. The zero-order chi connectivity index (χ0) is 15.2. The molecule has 1 rings (SSSR count). The van der Waals surface area contributed by atoms with Crippen LogP contribution in [0.4, 0.5) is 13.2 Å². The number of aryl methyl sites for hydroxylation is 1. The molecule has 1 aromatic rings. The molecule has 0 aliphatic carbocycles. The Labute approximate surface area is 113 Å². The number of esters is 1. The van der Waals surface area contributed by atoms with Crippen molar-refractivity contribution >= 4 is 11.9 Å². The summed E-state index contributed by atoms with van der Waals surface area (Å²) in [5.74, 6) is -1.71. The van der Waals surface area contributed by atoms with E-state index in [0.29, 0.717) is 5.56 Å². The van der Waals surface area contributed by atoms with Gasteiger partial charge in [-0.3, -0.25) is 14.6 Å². The van der Waals surface area contributed by atoms with Crippen LogP contribution >= 0.6 is 0 Å². The minimum absolute atomic E-state index is 0.0974. The molecule has 1 aromatic heterocycles. The fraction of sp³-hybridized carbons (Fsp3) is 0.417. The molecule has 0 unspecified atom stereocenters. The van der Waals surface area contributed by atoms with E-state index in [1.807, 2.05) is 0 Å². The molecule has 0 atom stereocenters. The Bertz CT molecular complexity index is 472. The van der Waals surface area contributed by atoms with E-state index in [9.17, 15) is 22.8 Å². The number of hydrogen-bond donors (Lipinski definition) is 1. The third kappa shape index (κ3) is 6.72. The number of carbonyl (C=O) groups is 2. The predicted molar refractivity (Wildman–Crippen MR) is 62.7 cm³/mol. The summed E-state index contributed by atoms with van der Waals surface area (Å²) in [6.07, 6.45) is -3.10. The summed E-state index contributed by atoms with van der Waals surface area (Å²) >= 11 is 0. The lowest BCUT2D eigenvalue weighted by Crippen LogP contribution is -2.36. The Morgan fingerprint density at radius 3 is 2.60 bits per heavy atom. The first-order chi connectivity index (χ1) is 9.26. The van der Waals surface area contributed by atoms with E-state index in [1.165, 1.54) is 6.20 Å². The standard InChI is InChI=1S/C12H13F3N2O3/c1-8-2-3-9(5-16-8)4-11(19)20-6-10(18)17-7-12(13,14)15/h2-3,5H,4,6-7H2,1H3,(H,17,18). The summed E-state index contributed by atoms with van der Waals surface area (Å²) in [4.78, 5) is 26.3. The van der Waals surface area contributed by atoms with Crippen molar-refractivity contribution in [3.05, 3.63) is 29.6 Å². The minimum Gasteiger partial charge on any atom is -0.455 e. The minimum atomic E-state index is -4.49. The van der Waals surface area contributed by atoms with E-state index in [4.69, 9.17) is 0 Å². The van der Waals surface area contributed by atoms with Crippen molar-refractivity contribution in [1.29, 1.82) is 0 Å². The van der Waals surface area contributed by atoms with Crippen molar-refractivity contribution < 1.29 is 27.5 Å². The van der Waals surface area contributed by atoms with Crippen LogP contribution in [0.1, 0.15) is 11.3 Å². The summed E-state index contributed by atoms with van der Waals surface area (Å²) < 4.78 is 40.0. The number of carbonyl (C=O) groups excluding carboxylic acids is 2. The monoisotopic (exact) mass is 290 g/mol. The second-order valence-corrected chi connectivity index (χ2v) is 4.04. The number of aromatic nitrogens is 1. The van der Waals surface area contributed by atoms with Crippen molar-refractivity contribution in [2.45, 2.75) is 19.5 Å². The second kappa shape index (κ2) is 6.88. The third-order valence-corrected chi connectivity index (χ3v) is 2.17. The van der Waals surface area contributed by atoms with E-state index in [2.05, 4.69) is 9.72 Å². The van der Waals surface area contributed by atoms with Crippen molar-refractivity contribution in [2.75, 3.05) is 13.2 Å². The number of halogens is 3. The van der Waals surface area contributed by atoms with Gasteiger partial charge in [-0.25, -0.2) is 0 Å². The second-order valence-electron chi connectivity index (χ2n) is 4.04. The molecule has 1 heterocycles. The number of hydrogen-bond acceptors (Lipinski definition) is 4. The molecule has 0 aliphatic heterocycles. The van der Waals surface area contributed by atoms with Gasteiger partial charge in [-0.15, -0.1) is 0 Å². The Morgan fingerprint density at radius 1 is 1.35 bits per heavy atom. The number of rotatable bonds is 5. The van der Waals surface area contributed by atoms with Crippen molar-refractivity contribution in [3.8, 4) is 0 Å². The van der Waals surface area contributed by atoms with Crippen LogP contribution in [0, 0.1) is 6.92 Å². The fourth-order valence-electron chi connectivity index (χ4n) is 1.22. The molecular weight excluding hydrogens is 277 g/mol. The lowest BCUT2D eigenvalue weighted by molar-refractivity contribution is -0.150. The van der Waals surface area contributed by atoms with Crippen LogP contribution in [0.25, 0.3) is 0 Å². The van der Waals surface area contributed by atoms with Gasteiger partial charge >= 0.3 is 12.1 Å². The molecule has 8 heteroatoms. The lowest BCUT2D eigenvalue weighted by Gasteiger charge is -2.08. The van der Waals surface area contributed by atoms with Crippen molar-refractivity contribution in [2.24, 2.45) is 0 Å². The van der Waals surface area contributed by atoms with Crippen LogP contribution in [-0.2, 0) is 20.7 Å². The highest BCUT2D eigenvalue weighted by Gasteiger charge is 2.27. The number of amides is 1. The smallest absolute Gasteiger partial charge is 0.405 e. The van der Waals surface area contributed by atoms with Crippen molar-refractivity contribution in [3.63, 3.8) is 0 Å². The summed E-state index contributed by atoms with van der Waals surface area (Å²) in [5, 5.41) is 1.60. The molecule has 1 N–H and O–H groups in total. The molecule has 110 valence electrons. The SMILES string of the molecule is Cc1ccc(CC(=O)OCC(=O)NCC(F)(F)F)cn1. The first kappa shape index (κ1) is 15.9. The Kier molecular flexibility index (Phi) is 5.48. The Balaban J connectivity index is 2.29. The van der Waals surface area contributed by atoms with E-state index in [-0.39, 0.29) is 6.42 Å². The predicted octanol–water partition coefficient (Wildman–Crippen LogP) is 1.15. The molecule has 5 nitrogen and oxygen atoms in total. The first-order valence-electron chi connectivity index (χ1n) is 5.67. The van der Waals surface area contributed by atoms with Crippen LogP contribution in [0.15, 0.2) is 18.3 Å². The van der Waals surface area contributed by atoms with E-state index < -0.39 is 31.2 Å². The van der Waals surface area contributed by atoms with Gasteiger partial charge in [0.1, 0.15) is 6.54 Å². The molecule has 0 saturated heterocycles. The molecule has 0 bridgehead atoms. The van der Waals surface area contributed by atoms with E-state index in [0.717, 1.165) is 5.69 Å². The van der Waals surface area contributed by atoms with Gasteiger partial charge in [0, 0.05) is 11.9 Å². The maximum atomic E-state index is 11.8. The highest BCUT2D eigenvalue weighted by molar-refractivity contribution is 5.81. The first-order valence-corrected chi connectivity index (χ1v) is 5.67. The molecule has 0 radical (unpaired) electrons. The summed E-state index contributed by atoms with van der Waals surface area (Å²) in [6.45, 7) is -0.410. The molecule has 0 spiro atoms. The number of ether oxygens (including phenoxy) is 1. The zero-order valence-corrected chi connectivity index (χ0v) is 10.7. The third-order valence-electron chi connectivity index (χ3n) is 2.17. The van der Waals surface area contributed by atoms with Crippen LogP contribution in [0.3, 0.4) is 0 Å². The average Bonchev–Trinajstić information content (AvgIpc) is 2.36. The van der Waals surface area contributed by atoms with Crippen molar-refractivity contribution in [1.82, 2.24) is 10.3 Å². The lowest BCUT2D eigenvalue weighted by atomic mass is 10.2. The van der Waals surface area contributed by atoms with Crippen LogP contribution in [0.5, 0.6) is 0 Å². The molecule has 20 heavy (non-hydrogen) atoms. The van der Waals surface area contributed by atoms with Gasteiger partial charge in [0.25, 0.3) is 5.91 Å². The molecule has 0 aliphatic rings. The maximum Gasteiger partial charge on any atom is 0.405 e. The number of pyridine rings is 1. The van der Waals surface area contributed by atoms with Gasteiger partial charge in [0.2, 0.25) is 0 Å². The molecule has 0 fully saturated rings. The number of nitrogens with one attached hydrogen (secondary N) is 1. The zero-order valence-electron chi connectivity index (χ0n) is 10.7.